The summed E-state index contributed by atoms with van der Waals surface area (Å²) >= 11 is 1.51. The van der Waals surface area contributed by atoms with E-state index >= 15 is 0 Å². The van der Waals surface area contributed by atoms with E-state index in [2.05, 4.69) is 4.98 Å². The van der Waals surface area contributed by atoms with Gasteiger partial charge in [-0.15, -0.1) is 11.3 Å². The first-order chi connectivity index (χ1) is 14.4. The van der Waals surface area contributed by atoms with Gasteiger partial charge in [0.25, 0.3) is 11.7 Å². The Balaban J connectivity index is 1.84. The second-order valence-electron chi connectivity index (χ2n) is 7.87. The van der Waals surface area contributed by atoms with Gasteiger partial charge in [-0.05, 0) is 57.1 Å². The zero-order valence-corrected chi connectivity index (χ0v) is 18.1. The number of ketones is 1. The first kappa shape index (κ1) is 20.4. The molecule has 1 unspecified atom stereocenters. The molecule has 0 saturated carbocycles. The molecule has 3 aromatic rings. The summed E-state index contributed by atoms with van der Waals surface area (Å²) in [4.78, 5) is 33.8. The number of rotatable bonds is 6. The van der Waals surface area contributed by atoms with Gasteiger partial charge in [0.05, 0.1) is 11.6 Å². The van der Waals surface area contributed by atoms with E-state index in [9.17, 15) is 14.7 Å². The molecule has 4 rings (SSSR count). The Bertz CT molecular complexity index is 1140. The van der Waals surface area contributed by atoms with E-state index in [1.54, 1.807) is 11.1 Å². The molecule has 30 heavy (non-hydrogen) atoms. The van der Waals surface area contributed by atoms with E-state index in [1.807, 2.05) is 61.6 Å². The number of benzene rings is 1. The number of para-hydroxylation sites is 1. The van der Waals surface area contributed by atoms with Crippen LogP contribution >= 0.6 is 11.3 Å². The molecule has 1 aliphatic rings. The lowest BCUT2D eigenvalue weighted by Gasteiger charge is -2.25. The minimum atomic E-state index is -0.625. The van der Waals surface area contributed by atoms with Gasteiger partial charge in [0.1, 0.15) is 5.76 Å². The van der Waals surface area contributed by atoms with Crippen LogP contribution in [-0.4, -0.2) is 58.8 Å². The second kappa shape index (κ2) is 8.08. The Labute approximate surface area is 179 Å². The summed E-state index contributed by atoms with van der Waals surface area (Å²) in [6.45, 7) is 3.23. The maximum Gasteiger partial charge on any atom is 0.295 e. The standard InChI is InChI=1S/C23H25N3O3S/c1-14-9-12-30-22(14)19-18(21(28)23(29)26(19)11-6-10-25(2)3)20(27)16-13-24-17-8-5-4-7-15(16)17/h4-5,7-9,12-13,19,24,27H,6,10-11H2,1-3H3/b20-18+. The molecule has 2 N–H and O–H groups in total. The van der Waals surface area contributed by atoms with Gasteiger partial charge in [0.2, 0.25) is 0 Å². The van der Waals surface area contributed by atoms with Crippen molar-refractivity contribution in [2.75, 3.05) is 27.2 Å². The van der Waals surface area contributed by atoms with E-state index in [-0.39, 0.29) is 11.3 Å². The van der Waals surface area contributed by atoms with E-state index in [1.165, 1.54) is 11.3 Å². The largest absolute Gasteiger partial charge is 0.507 e. The fourth-order valence-electron chi connectivity index (χ4n) is 4.02. The predicted octanol–water partition coefficient (Wildman–Crippen LogP) is 3.91. The number of likely N-dealkylation sites (tertiary alicyclic amines) is 1. The highest BCUT2D eigenvalue weighted by Gasteiger charge is 2.46. The molecule has 1 aromatic carbocycles. The Morgan fingerprint density at radius 1 is 1.23 bits per heavy atom. The molecule has 7 heteroatoms. The molecule has 0 radical (unpaired) electrons. The summed E-state index contributed by atoms with van der Waals surface area (Å²) in [7, 11) is 3.96. The fraction of sp³-hybridized carbons (Fsp3) is 0.304. The quantitative estimate of drug-likeness (QED) is 0.358. The minimum Gasteiger partial charge on any atom is -0.507 e. The smallest absolute Gasteiger partial charge is 0.295 e. The topological polar surface area (TPSA) is 76.6 Å². The number of aliphatic hydroxyl groups is 1. The van der Waals surface area contributed by atoms with Crippen LogP contribution in [0.1, 0.15) is 28.5 Å². The van der Waals surface area contributed by atoms with Crippen molar-refractivity contribution >= 4 is 39.7 Å². The fourth-order valence-corrected chi connectivity index (χ4v) is 5.06. The van der Waals surface area contributed by atoms with Gasteiger partial charge in [-0.1, -0.05) is 18.2 Å². The van der Waals surface area contributed by atoms with Gasteiger partial charge in [-0.2, -0.15) is 0 Å². The third-order valence-electron chi connectivity index (χ3n) is 5.54. The molecular weight excluding hydrogens is 398 g/mol. The highest BCUT2D eigenvalue weighted by atomic mass is 32.1. The van der Waals surface area contributed by atoms with Gasteiger partial charge < -0.3 is 19.9 Å². The summed E-state index contributed by atoms with van der Waals surface area (Å²) in [6, 6.07) is 8.99. The lowest BCUT2D eigenvalue weighted by atomic mass is 9.98. The van der Waals surface area contributed by atoms with E-state index in [0.29, 0.717) is 12.1 Å². The van der Waals surface area contributed by atoms with Crippen LogP contribution in [0.5, 0.6) is 0 Å². The van der Waals surface area contributed by atoms with Crippen molar-refractivity contribution in [3.63, 3.8) is 0 Å². The Morgan fingerprint density at radius 2 is 2.00 bits per heavy atom. The number of aliphatic hydroxyl groups excluding tert-OH is 1. The first-order valence-corrected chi connectivity index (χ1v) is 10.8. The highest BCUT2D eigenvalue weighted by Crippen LogP contribution is 2.43. The van der Waals surface area contributed by atoms with Crippen molar-refractivity contribution in [3.8, 4) is 0 Å². The number of fused-ring (bicyclic) bond motifs is 1. The molecule has 0 bridgehead atoms. The molecule has 1 atom stereocenters. The lowest BCUT2D eigenvalue weighted by Crippen LogP contribution is -2.32. The molecule has 156 valence electrons. The molecular formula is C23H25N3O3S. The van der Waals surface area contributed by atoms with E-state index in [0.717, 1.165) is 34.3 Å². The molecule has 3 heterocycles. The van der Waals surface area contributed by atoms with Crippen molar-refractivity contribution < 1.29 is 14.7 Å². The number of hydrogen-bond donors (Lipinski definition) is 2. The third kappa shape index (κ3) is 3.44. The summed E-state index contributed by atoms with van der Waals surface area (Å²) in [5, 5.41) is 14.0. The summed E-state index contributed by atoms with van der Waals surface area (Å²) in [5.41, 5.74) is 2.58. The van der Waals surface area contributed by atoms with E-state index < -0.39 is 17.7 Å². The number of aromatic nitrogens is 1. The van der Waals surface area contributed by atoms with Gasteiger partial charge in [0.15, 0.2) is 0 Å². The summed E-state index contributed by atoms with van der Waals surface area (Å²) < 4.78 is 0. The number of hydrogen-bond acceptors (Lipinski definition) is 5. The van der Waals surface area contributed by atoms with Crippen LogP contribution in [0.15, 0.2) is 47.5 Å². The Hall–Kier alpha value is -2.90. The van der Waals surface area contributed by atoms with Crippen molar-refractivity contribution in [3.05, 3.63) is 63.5 Å². The highest BCUT2D eigenvalue weighted by molar-refractivity contribution is 7.10. The molecule has 1 aliphatic heterocycles. The van der Waals surface area contributed by atoms with Crippen molar-refractivity contribution in [1.29, 1.82) is 0 Å². The second-order valence-corrected chi connectivity index (χ2v) is 8.81. The molecule has 0 spiro atoms. The number of amides is 1. The molecule has 0 aliphatic carbocycles. The predicted molar refractivity (Wildman–Crippen MR) is 120 cm³/mol. The van der Waals surface area contributed by atoms with Gasteiger partial charge in [-0.3, -0.25) is 9.59 Å². The number of Topliss-reactive ketones (excluding diaryl/α,β-unsaturated/α-hetero) is 1. The maximum absolute atomic E-state index is 13.1. The average molecular weight is 424 g/mol. The van der Waals surface area contributed by atoms with Gasteiger partial charge >= 0.3 is 0 Å². The van der Waals surface area contributed by atoms with Crippen LogP contribution in [0, 0.1) is 6.92 Å². The van der Waals surface area contributed by atoms with Crippen molar-refractivity contribution in [2.45, 2.75) is 19.4 Å². The normalized spacial score (nSPS) is 18.8. The van der Waals surface area contributed by atoms with Crippen molar-refractivity contribution in [1.82, 2.24) is 14.8 Å². The number of carbonyl (C=O) groups is 2. The molecule has 1 fully saturated rings. The molecule has 6 nitrogen and oxygen atoms in total. The number of aromatic amines is 1. The third-order valence-corrected chi connectivity index (χ3v) is 6.61. The minimum absolute atomic E-state index is 0.126. The lowest BCUT2D eigenvalue weighted by molar-refractivity contribution is -0.139. The van der Waals surface area contributed by atoms with Crippen LogP contribution in [0.2, 0.25) is 0 Å². The van der Waals surface area contributed by atoms with E-state index in [4.69, 9.17) is 0 Å². The monoisotopic (exact) mass is 423 g/mol. The van der Waals surface area contributed by atoms with Gasteiger partial charge in [0, 0.05) is 34.1 Å². The number of aryl methyl sites for hydroxylation is 1. The molecule has 1 saturated heterocycles. The molecule has 1 amide bonds. The summed E-state index contributed by atoms with van der Waals surface area (Å²) in [6.07, 6.45) is 2.44. The maximum atomic E-state index is 13.1. The van der Waals surface area contributed by atoms with Crippen LogP contribution in [-0.2, 0) is 9.59 Å². The number of thiophene rings is 1. The van der Waals surface area contributed by atoms with Gasteiger partial charge in [-0.25, -0.2) is 0 Å². The zero-order valence-electron chi connectivity index (χ0n) is 17.3. The number of carbonyl (C=O) groups excluding carboxylic acids is 2. The molecule has 2 aromatic heterocycles. The Kier molecular flexibility index (Phi) is 5.49. The first-order valence-electron chi connectivity index (χ1n) is 9.93. The Morgan fingerprint density at radius 3 is 2.70 bits per heavy atom. The number of H-pyrrole nitrogens is 1. The number of nitrogens with one attached hydrogen (secondary N) is 1. The van der Waals surface area contributed by atoms with Crippen molar-refractivity contribution in [2.24, 2.45) is 0 Å². The number of nitrogens with zero attached hydrogens (tertiary/aromatic N) is 2. The van der Waals surface area contributed by atoms with Crippen LogP contribution in [0.4, 0.5) is 0 Å². The average Bonchev–Trinajstić information content (AvgIpc) is 3.39. The SMILES string of the molecule is Cc1ccsc1C1/C(=C(\O)c2c[nH]c3ccccc23)C(=O)C(=O)N1CCCN(C)C. The van der Waals surface area contributed by atoms with Crippen LogP contribution < -0.4 is 0 Å². The zero-order chi connectivity index (χ0) is 21.4. The van der Waals surface area contributed by atoms with Crippen LogP contribution in [0.3, 0.4) is 0 Å². The van der Waals surface area contributed by atoms with Crippen LogP contribution in [0.25, 0.3) is 16.7 Å². The summed E-state index contributed by atoms with van der Waals surface area (Å²) in [5.74, 6) is -1.30.